The third kappa shape index (κ3) is 3.96. The summed E-state index contributed by atoms with van der Waals surface area (Å²) in [5, 5.41) is 11.5. The van der Waals surface area contributed by atoms with Crippen molar-refractivity contribution in [3.05, 3.63) is 36.0 Å². The summed E-state index contributed by atoms with van der Waals surface area (Å²) in [7, 11) is 0. The van der Waals surface area contributed by atoms with Gasteiger partial charge in [-0.3, -0.25) is 0 Å². The lowest BCUT2D eigenvalue weighted by Crippen LogP contribution is -2.08. The Morgan fingerprint density at radius 3 is 2.56 bits per heavy atom. The standard InChI is InChI=1S/C12H15F3N2O/c1-8(3-2-6-18)17-11-5-4-9(7-10(11)16)12(13,14)15/h4-5,7,17-18H,1-3,6,16H2. The Morgan fingerprint density at radius 2 is 2.06 bits per heavy atom. The van der Waals surface area contributed by atoms with E-state index in [1.807, 2.05) is 0 Å². The van der Waals surface area contributed by atoms with Crippen molar-refractivity contribution >= 4 is 11.4 Å². The number of halogens is 3. The molecule has 0 radical (unpaired) electrons. The Kier molecular flexibility index (Phi) is 4.61. The van der Waals surface area contributed by atoms with Crippen LogP contribution in [0.5, 0.6) is 0 Å². The summed E-state index contributed by atoms with van der Waals surface area (Å²) in [6, 6.07) is 3.10. The molecule has 4 N–H and O–H groups in total. The van der Waals surface area contributed by atoms with Crippen LogP contribution in [0.1, 0.15) is 18.4 Å². The lowest BCUT2D eigenvalue weighted by atomic mass is 10.1. The predicted octanol–water partition coefficient (Wildman–Crippen LogP) is 2.99. The molecular formula is C12H15F3N2O. The SMILES string of the molecule is C=C(CCCO)Nc1ccc(C(F)(F)F)cc1N. The molecular weight excluding hydrogens is 245 g/mol. The Hall–Kier alpha value is -1.69. The van der Waals surface area contributed by atoms with Gasteiger partial charge >= 0.3 is 6.18 Å². The van der Waals surface area contributed by atoms with Crippen LogP contribution in [0.25, 0.3) is 0 Å². The van der Waals surface area contributed by atoms with E-state index in [2.05, 4.69) is 11.9 Å². The van der Waals surface area contributed by atoms with E-state index in [9.17, 15) is 13.2 Å². The summed E-state index contributed by atoms with van der Waals surface area (Å²) < 4.78 is 37.2. The molecule has 0 aliphatic carbocycles. The van der Waals surface area contributed by atoms with Crippen LogP contribution in [0, 0.1) is 0 Å². The van der Waals surface area contributed by atoms with Crippen molar-refractivity contribution in [1.82, 2.24) is 0 Å². The maximum Gasteiger partial charge on any atom is 0.416 e. The number of rotatable bonds is 5. The normalized spacial score (nSPS) is 11.3. The maximum atomic E-state index is 12.4. The number of allylic oxidation sites excluding steroid dienone is 1. The Morgan fingerprint density at radius 1 is 1.39 bits per heavy atom. The van der Waals surface area contributed by atoms with Gasteiger partial charge in [0.1, 0.15) is 0 Å². The summed E-state index contributed by atoms with van der Waals surface area (Å²) in [5.41, 5.74) is 5.74. The first-order valence-corrected chi connectivity index (χ1v) is 5.37. The molecule has 0 spiro atoms. The van der Waals surface area contributed by atoms with E-state index in [1.54, 1.807) is 0 Å². The van der Waals surface area contributed by atoms with Gasteiger partial charge in [-0.05, 0) is 31.0 Å². The van der Waals surface area contributed by atoms with E-state index in [0.717, 1.165) is 12.1 Å². The summed E-state index contributed by atoms with van der Waals surface area (Å²) in [6.07, 6.45) is -3.34. The Balaban J connectivity index is 2.77. The van der Waals surface area contributed by atoms with Gasteiger partial charge in [0.15, 0.2) is 0 Å². The highest BCUT2D eigenvalue weighted by Crippen LogP contribution is 2.33. The van der Waals surface area contributed by atoms with Crippen molar-refractivity contribution < 1.29 is 18.3 Å². The first-order valence-electron chi connectivity index (χ1n) is 5.37. The quantitative estimate of drug-likeness (QED) is 0.713. The first kappa shape index (κ1) is 14.4. The minimum Gasteiger partial charge on any atom is -0.397 e. The van der Waals surface area contributed by atoms with Gasteiger partial charge in [-0.2, -0.15) is 13.2 Å². The number of aliphatic hydroxyl groups excluding tert-OH is 1. The molecule has 0 amide bonds. The number of aliphatic hydroxyl groups is 1. The number of hydrogen-bond donors (Lipinski definition) is 3. The van der Waals surface area contributed by atoms with Crippen LogP contribution in [-0.2, 0) is 6.18 Å². The van der Waals surface area contributed by atoms with Gasteiger partial charge in [-0.1, -0.05) is 6.58 Å². The highest BCUT2D eigenvalue weighted by atomic mass is 19.4. The number of anilines is 2. The van der Waals surface area contributed by atoms with Crippen molar-refractivity contribution in [2.45, 2.75) is 19.0 Å². The Labute approximate surface area is 103 Å². The van der Waals surface area contributed by atoms with Crippen LogP contribution in [-0.4, -0.2) is 11.7 Å². The van der Waals surface area contributed by atoms with Crippen molar-refractivity contribution in [2.24, 2.45) is 0 Å². The number of nitrogens with two attached hydrogens (primary N) is 1. The number of benzene rings is 1. The Bertz CT molecular complexity index is 430. The van der Waals surface area contributed by atoms with Crippen LogP contribution < -0.4 is 11.1 Å². The van der Waals surface area contributed by atoms with Gasteiger partial charge < -0.3 is 16.2 Å². The fourth-order valence-electron chi connectivity index (χ4n) is 1.40. The molecule has 0 fully saturated rings. The minimum atomic E-state index is -4.40. The van der Waals surface area contributed by atoms with E-state index < -0.39 is 11.7 Å². The zero-order chi connectivity index (χ0) is 13.8. The lowest BCUT2D eigenvalue weighted by Gasteiger charge is -2.13. The highest BCUT2D eigenvalue weighted by molar-refractivity contribution is 5.69. The molecule has 3 nitrogen and oxygen atoms in total. The van der Waals surface area contributed by atoms with Crippen LogP contribution in [0.4, 0.5) is 24.5 Å². The van der Waals surface area contributed by atoms with Crippen molar-refractivity contribution in [3.63, 3.8) is 0 Å². The van der Waals surface area contributed by atoms with Gasteiger partial charge in [0.2, 0.25) is 0 Å². The number of hydrogen-bond acceptors (Lipinski definition) is 3. The zero-order valence-electron chi connectivity index (χ0n) is 9.72. The summed E-state index contributed by atoms with van der Waals surface area (Å²) >= 11 is 0. The summed E-state index contributed by atoms with van der Waals surface area (Å²) in [5.74, 6) is 0. The highest BCUT2D eigenvalue weighted by Gasteiger charge is 2.30. The van der Waals surface area contributed by atoms with Crippen molar-refractivity contribution in [3.8, 4) is 0 Å². The van der Waals surface area contributed by atoms with E-state index >= 15 is 0 Å². The lowest BCUT2D eigenvalue weighted by molar-refractivity contribution is -0.137. The van der Waals surface area contributed by atoms with Gasteiger partial charge in [0.25, 0.3) is 0 Å². The molecule has 0 aliphatic heterocycles. The number of nitrogen functional groups attached to an aromatic ring is 1. The third-order valence-corrected chi connectivity index (χ3v) is 2.33. The van der Waals surface area contributed by atoms with Crippen LogP contribution >= 0.6 is 0 Å². The molecule has 0 heterocycles. The molecule has 0 saturated carbocycles. The average molecular weight is 260 g/mol. The summed E-state index contributed by atoms with van der Waals surface area (Å²) in [6.45, 7) is 3.73. The van der Waals surface area contributed by atoms with Crippen LogP contribution in [0.15, 0.2) is 30.5 Å². The molecule has 18 heavy (non-hydrogen) atoms. The molecule has 0 aromatic heterocycles. The van der Waals surface area contributed by atoms with Gasteiger partial charge in [-0.25, -0.2) is 0 Å². The molecule has 1 rings (SSSR count). The van der Waals surface area contributed by atoms with Gasteiger partial charge in [0.05, 0.1) is 16.9 Å². The molecule has 1 aromatic carbocycles. The predicted molar refractivity (Wildman–Crippen MR) is 64.9 cm³/mol. The average Bonchev–Trinajstić information content (AvgIpc) is 2.27. The molecule has 100 valence electrons. The smallest absolute Gasteiger partial charge is 0.397 e. The van der Waals surface area contributed by atoms with E-state index in [-0.39, 0.29) is 12.3 Å². The van der Waals surface area contributed by atoms with Gasteiger partial charge in [0, 0.05) is 12.3 Å². The molecule has 1 aromatic rings. The van der Waals surface area contributed by atoms with Crippen LogP contribution in [0.2, 0.25) is 0 Å². The molecule has 0 bridgehead atoms. The molecule has 0 unspecified atom stereocenters. The van der Waals surface area contributed by atoms with E-state index in [0.29, 0.717) is 24.2 Å². The molecule has 0 atom stereocenters. The number of nitrogens with one attached hydrogen (secondary N) is 1. The topological polar surface area (TPSA) is 58.3 Å². The van der Waals surface area contributed by atoms with Crippen molar-refractivity contribution in [2.75, 3.05) is 17.7 Å². The fourth-order valence-corrected chi connectivity index (χ4v) is 1.40. The van der Waals surface area contributed by atoms with Crippen LogP contribution in [0.3, 0.4) is 0 Å². The first-order chi connectivity index (χ1) is 8.34. The fraction of sp³-hybridized carbons (Fsp3) is 0.333. The van der Waals surface area contributed by atoms with E-state index in [4.69, 9.17) is 10.8 Å². The summed E-state index contributed by atoms with van der Waals surface area (Å²) in [4.78, 5) is 0. The second kappa shape index (κ2) is 5.77. The molecule has 0 aliphatic rings. The second-order valence-corrected chi connectivity index (χ2v) is 3.86. The third-order valence-electron chi connectivity index (χ3n) is 2.33. The maximum absolute atomic E-state index is 12.4. The largest absolute Gasteiger partial charge is 0.416 e. The van der Waals surface area contributed by atoms with E-state index in [1.165, 1.54) is 6.07 Å². The van der Waals surface area contributed by atoms with Gasteiger partial charge in [-0.15, -0.1) is 0 Å². The molecule has 6 heteroatoms. The number of alkyl halides is 3. The minimum absolute atomic E-state index is 0.00923. The zero-order valence-corrected chi connectivity index (χ0v) is 9.72. The van der Waals surface area contributed by atoms with Crippen molar-refractivity contribution in [1.29, 1.82) is 0 Å². The second-order valence-electron chi connectivity index (χ2n) is 3.86. The monoisotopic (exact) mass is 260 g/mol. The molecule has 0 saturated heterocycles.